The predicted molar refractivity (Wildman–Crippen MR) is 128 cm³/mol. The first-order chi connectivity index (χ1) is 13.7. The van der Waals surface area contributed by atoms with E-state index >= 15 is 0 Å². The Kier molecular flexibility index (Phi) is 10.4. The van der Waals surface area contributed by atoms with Crippen LogP contribution in [0.25, 0.3) is 0 Å². The number of benzene rings is 1. The van der Waals surface area contributed by atoms with E-state index in [1.807, 2.05) is 23.9 Å². The number of nitrogens with one attached hydrogen (secondary N) is 1. The Morgan fingerprint density at radius 2 is 1.90 bits per heavy atom. The predicted octanol–water partition coefficient (Wildman–Crippen LogP) is 5.91. The molecule has 4 nitrogen and oxygen atoms in total. The molecule has 1 saturated carbocycles. The number of carbonyl (C=O) groups excluding carboxylic acids is 1. The Morgan fingerprint density at radius 3 is 2.55 bits per heavy atom. The summed E-state index contributed by atoms with van der Waals surface area (Å²) < 4.78 is 0. The number of amides is 1. The third-order valence-corrected chi connectivity index (χ3v) is 6.93. The summed E-state index contributed by atoms with van der Waals surface area (Å²) in [7, 11) is 0. The number of thioether (sulfide) groups is 1. The van der Waals surface area contributed by atoms with Crippen molar-refractivity contribution in [3.8, 4) is 0 Å². The topological polar surface area (TPSA) is 44.7 Å². The highest BCUT2D eigenvalue weighted by molar-refractivity contribution is 8.14. The minimum atomic E-state index is 0. The molecule has 0 aromatic heterocycles. The zero-order chi connectivity index (χ0) is 19.8. The Hall–Kier alpha value is -1.20. The molecule has 2 fully saturated rings. The standard InChI is InChI=1S/C23H35N3OS.ClH/c1-3-5-15-26-21(17-28-23(26)25-19-9-7-6-8-10-19)16-22(27)24-20-13-11-18(4-2)12-14-20;/h11-14,19,21H,3-10,15-17H2,1-2H3,(H,24,27);1H/b25-23-;. The maximum atomic E-state index is 12.7. The van der Waals surface area contributed by atoms with Gasteiger partial charge in [-0.05, 0) is 43.4 Å². The van der Waals surface area contributed by atoms with Crippen molar-refractivity contribution in [1.82, 2.24) is 4.90 Å². The molecule has 29 heavy (non-hydrogen) atoms. The molecular weight excluding hydrogens is 402 g/mol. The van der Waals surface area contributed by atoms with Crippen LogP contribution in [0.3, 0.4) is 0 Å². The molecular formula is C23H36ClN3OS. The third-order valence-electron chi connectivity index (χ3n) is 5.78. The van der Waals surface area contributed by atoms with Gasteiger partial charge in [0.25, 0.3) is 0 Å². The first-order valence-corrected chi connectivity index (χ1v) is 12.0. The molecule has 1 amide bonds. The summed E-state index contributed by atoms with van der Waals surface area (Å²) in [6.45, 7) is 5.38. The monoisotopic (exact) mass is 437 g/mol. The highest BCUT2D eigenvalue weighted by atomic mass is 35.5. The van der Waals surface area contributed by atoms with Gasteiger partial charge < -0.3 is 10.2 Å². The SMILES string of the molecule is CCCCN1/C(=N/C2CCCCC2)SCC1CC(=O)Nc1ccc(CC)cc1.Cl. The summed E-state index contributed by atoms with van der Waals surface area (Å²) in [5.74, 6) is 1.08. The van der Waals surface area contributed by atoms with E-state index in [4.69, 9.17) is 4.99 Å². The highest BCUT2D eigenvalue weighted by Crippen LogP contribution is 2.30. The lowest BCUT2D eigenvalue weighted by atomic mass is 9.96. The number of amidine groups is 1. The number of aryl methyl sites for hydroxylation is 1. The minimum absolute atomic E-state index is 0. The Morgan fingerprint density at radius 1 is 1.17 bits per heavy atom. The van der Waals surface area contributed by atoms with Crippen LogP contribution in [0.1, 0.15) is 70.8 Å². The summed E-state index contributed by atoms with van der Waals surface area (Å²) >= 11 is 1.85. The van der Waals surface area contributed by atoms with Crippen molar-refractivity contribution < 1.29 is 4.79 Å². The fourth-order valence-corrected chi connectivity index (χ4v) is 5.27. The quantitative estimate of drug-likeness (QED) is 0.550. The first-order valence-electron chi connectivity index (χ1n) is 11.1. The van der Waals surface area contributed by atoms with Crippen molar-refractivity contribution in [2.75, 3.05) is 17.6 Å². The molecule has 1 saturated heterocycles. The average molecular weight is 438 g/mol. The second-order valence-corrected chi connectivity index (χ2v) is 9.01. The van der Waals surface area contributed by atoms with E-state index in [0.29, 0.717) is 12.5 Å². The average Bonchev–Trinajstić information content (AvgIpc) is 3.08. The third kappa shape index (κ3) is 7.21. The second-order valence-electron chi connectivity index (χ2n) is 8.02. The molecule has 3 rings (SSSR count). The maximum Gasteiger partial charge on any atom is 0.226 e. The number of unbranched alkanes of at least 4 members (excludes halogenated alkanes) is 1. The van der Waals surface area contributed by atoms with Gasteiger partial charge >= 0.3 is 0 Å². The second kappa shape index (κ2) is 12.5. The summed E-state index contributed by atoms with van der Waals surface area (Å²) in [4.78, 5) is 20.2. The number of anilines is 1. The van der Waals surface area contributed by atoms with Crippen LogP contribution < -0.4 is 5.32 Å². The lowest BCUT2D eigenvalue weighted by molar-refractivity contribution is -0.116. The lowest BCUT2D eigenvalue weighted by Crippen LogP contribution is -2.38. The summed E-state index contributed by atoms with van der Waals surface area (Å²) in [6, 6.07) is 8.93. The van der Waals surface area contributed by atoms with Gasteiger partial charge in [0.2, 0.25) is 5.91 Å². The molecule has 1 atom stereocenters. The molecule has 6 heteroatoms. The Balaban J connectivity index is 0.00000300. The molecule has 1 aliphatic carbocycles. The van der Waals surface area contributed by atoms with Crippen LogP contribution in [0.5, 0.6) is 0 Å². The fourth-order valence-electron chi connectivity index (χ4n) is 4.00. The summed E-state index contributed by atoms with van der Waals surface area (Å²) in [5, 5.41) is 4.26. The molecule has 1 unspecified atom stereocenters. The molecule has 1 aromatic carbocycles. The van der Waals surface area contributed by atoms with E-state index in [1.165, 1.54) is 49.3 Å². The number of aliphatic imine (C=N–C) groups is 1. The van der Waals surface area contributed by atoms with Crippen LogP contribution in [0.2, 0.25) is 0 Å². The van der Waals surface area contributed by atoms with Gasteiger partial charge in [0.1, 0.15) is 0 Å². The first kappa shape index (κ1) is 24.1. The normalized spacial score (nSPS) is 21.2. The van der Waals surface area contributed by atoms with Crippen LogP contribution in [0, 0.1) is 0 Å². The lowest BCUT2D eigenvalue weighted by Gasteiger charge is -2.27. The van der Waals surface area contributed by atoms with Gasteiger partial charge in [0.05, 0.1) is 6.04 Å². The molecule has 2 aliphatic rings. The maximum absolute atomic E-state index is 12.7. The van der Waals surface area contributed by atoms with Gasteiger partial charge in [-0.2, -0.15) is 0 Å². The number of hydrogen-bond donors (Lipinski definition) is 1. The van der Waals surface area contributed by atoms with Crippen molar-refractivity contribution in [1.29, 1.82) is 0 Å². The van der Waals surface area contributed by atoms with Crippen molar-refractivity contribution in [3.05, 3.63) is 29.8 Å². The smallest absolute Gasteiger partial charge is 0.226 e. The highest BCUT2D eigenvalue weighted by Gasteiger charge is 2.32. The number of hydrogen-bond acceptors (Lipinski definition) is 3. The number of carbonyl (C=O) groups is 1. The zero-order valence-electron chi connectivity index (χ0n) is 17.9. The Bertz CT molecular complexity index is 659. The van der Waals surface area contributed by atoms with E-state index in [2.05, 4.69) is 36.2 Å². The van der Waals surface area contributed by atoms with E-state index in [1.54, 1.807) is 0 Å². The minimum Gasteiger partial charge on any atom is -0.347 e. The van der Waals surface area contributed by atoms with Gasteiger partial charge in [0.15, 0.2) is 5.17 Å². The number of rotatable bonds is 8. The number of halogens is 1. The van der Waals surface area contributed by atoms with Gasteiger partial charge in [-0.15, -0.1) is 12.4 Å². The van der Waals surface area contributed by atoms with E-state index < -0.39 is 0 Å². The van der Waals surface area contributed by atoms with E-state index in [9.17, 15) is 4.79 Å². The fraction of sp³-hybridized carbons (Fsp3) is 0.652. The summed E-state index contributed by atoms with van der Waals surface area (Å²) in [5.41, 5.74) is 2.18. The zero-order valence-corrected chi connectivity index (χ0v) is 19.5. The molecule has 0 spiro atoms. The molecule has 0 radical (unpaired) electrons. The van der Waals surface area contributed by atoms with Crippen molar-refractivity contribution >= 4 is 40.9 Å². The van der Waals surface area contributed by atoms with Crippen molar-refractivity contribution in [2.24, 2.45) is 4.99 Å². The van der Waals surface area contributed by atoms with Gasteiger partial charge in [-0.25, -0.2) is 0 Å². The van der Waals surface area contributed by atoms with E-state index in [-0.39, 0.29) is 24.4 Å². The Labute approximate surface area is 186 Å². The van der Waals surface area contributed by atoms with Gasteiger partial charge in [0, 0.05) is 30.4 Å². The van der Waals surface area contributed by atoms with Crippen LogP contribution in [0.15, 0.2) is 29.3 Å². The molecule has 1 aliphatic heterocycles. The van der Waals surface area contributed by atoms with Crippen LogP contribution in [-0.2, 0) is 11.2 Å². The van der Waals surface area contributed by atoms with Crippen molar-refractivity contribution in [2.45, 2.75) is 83.7 Å². The molecule has 0 bridgehead atoms. The summed E-state index contributed by atoms with van der Waals surface area (Å²) in [6.07, 6.45) is 10.3. The van der Waals surface area contributed by atoms with Crippen LogP contribution in [-0.4, -0.2) is 40.4 Å². The van der Waals surface area contributed by atoms with Gasteiger partial charge in [-0.1, -0.05) is 63.4 Å². The molecule has 1 N–H and O–H groups in total. The number of nitrogens with zero attached hydrogens (tertiary/aromatic N) is 2. The van der Waals surface area contributed by atoms with Crippen molar-refractivity contribution in [3.63, 3.8) is 0 Å². The largest absolute Gasteiger partial charge is 0.347 e. The van der Waals surface area contributed by atoms with Crippen LogP contribution >= 0.6 is 24.2 Å². The molecule has 1 heterocycles. The van der Waals surface area contributed by atoms with Gasteiger partial charge in [-0.3, -0.25) is 9.79 Å². The molecule has 1 aromatic rings. The molecule has 162 valence electrons. The van der Waals surface area contributed by atoms with Crippen LogP contribution in [0.4, 0.5) is 5.69 Å². The van der Waals surface area contributed by atoms with E-state index in [0.717, 1.165) is 30.8 Å².